The van der Waals surface area contributed by atoms with Gasteiger partial charge in [0.05, 0.1) is 22.5 Å². The van der Waals surface area contributed by atoms with Gasteiger partial charge in [-0.25, -0.2) is 4.99 Å². The number of halogens is 3. The number of anilines is 2. The lowest BCUT2D eigenvalue weighted by atomic mass is 10.0. The van der Waals surface area contributed by atoms with Crippen LogP contribution in [-0.4, -0.2) is 48.4 Å². The number of amidine groups is 1. The third kappa shape index (κ3) is 4.70. The molecule has 2 aromatic carbocycles. The first-order valence-electron chi connectivity index (χ1n) is 11.4. The molecule has 34 heavy (non-hydrogen) atoms. The van der Waals surface area contributed by atoms with E-state index >= 15 is 0 Å². The summed E-state index contributed by atoms with van der Waals surface area (Å²) in [4.78, 5) is 11.0. The van der Waals surface area contributed by atoms with Gasteiger partial charge in [-0.1, -0.05) is 24.3 Å². The Labute approximate surface area is 201 Å². The van der Waals surface area contributed by atoms with Gasteiger partial charge in [0.2, 0.25) is 0 Å². The Morgan fingerprint density at radius 1 is 1.09 bits per heavy atom. The van der Waals surface area contributed by atoms with Crippen molar-refractivity contribution in [3.8, 4) is 0 Å². The lowest BCUT2D eigenvalue weighted by molar-refractivity contribution is -0.137. The quantitative estimate of drug-likeness (QED) is 0.463. The number of alkyl halides is 3. The average Bonchev–Trinajstić information content (AvgIpc) is 3.10. The Hall–Kier alpha value is -2.84. The van der Waals surface area contributed by atoms with E-state index in [-0.39, 0.29) is 6.04 Å². The molecule has 3 aromatic rings. The summed E-state index contributed by atoms with van der Waals surface area (Å²) in [6, 6.07) is 16.1. The standard InChI is InChI=1S/C26H27F3N4S/c1-17-15-21-24(30-22-5-3-4-6-23(22)31-25(21)34-17)33-14-13-32(2)20(16-33)12-9-18-7-10-19(11-8-18)26(27,28)29/h3-8,10-11,15,20,31H,9,12-14,16H2,1-2H3/t20-/m0/s1. The van der Waals surface area contributed by atoms with Crippen molar-refractivity contribution in [1.82, 2.24) is 9.80 Å². The molecule has 0 unspecified atom stereocenters. The number of piperazine rings is 1. The molecule has 1 atom stereocenters. The average molecular weight is 485 g/mol. The molecule has 8 heteroatoms. The zero-order valence-corrected chi connectivity index (χ0v) is 20.0. The second-order valence-electron chi connectivity index (χ2n) is 8.99. The maximum absolute atomic E-state index is 12.9. The molecule has 5 rings (SSSR count). The van der Waals surface area contributed by atoms with Gasteiger partial charge in [-0.2, -0.15) is 13.2 Å². The van der Waals surface area contributed by atoms with E-state index in [1.165, 1.54) is 17.0 Å². The van der Waals surface area contributed by atoms with E-state index in [2.05, 4.69) is 41.2 Å². The van der Waals surface area contributed by atoms with E-state index in [4.69, 9.17) is 4.99 Å². The molecule has 0 aliphatic carbocycles. The van der Waals surface area contributed by atoms with E-state index in [9.17, 15) is 13.2 Å². The number of fused-ring (bicyclic) bond motifs is 2. The maximum Gasteiger partial charge on any atom is 0.416 e. The molecule has 3 heterocycles. The topological polar surface area (TPSA) is 30.9 Å². The summed E-state index contributed by atoms with van der Waals surface area (Å²) in [7, 11) is 2.13. The van der Waals surface area contributed by atoms with Gasteiger partial charge in [0, 0.05) is 30.6 Å². The van der Waals surface area contributed by atoms with Crippen LogP contribution >= 0.6 is 11.3 Å². The van der Waals surface area contributed by atoms with Crippen molar-refractivity contribution in [1.29, 1.82) is 0 Å². The van der Waals surface area contributed by atoms with Gasteiger partial charge in [0.25, 0.3) is 0 Å². The predicted octanol–water partition coefficient (Wildman–Crippen LogP) is 6.46. The van der Waals surface area contributed by atoms with Crippen LogP contribution in [-0.2, 0) is 12.6 Å². The monoisotopic (exact) mass is 484 g/mol. The zero-order chi connectivity index (χ0) is 23.9. The van der Waals surface area contributed by atoms with Gasteiger partial charge in [0.1, 0.15) is 10.8 Å². The molecule has 1 fully saturated rings. The van der Waals surface area contributed by atoms with Gasteiger partial charge >= 0.3 is 6.18 Å². The van der Waals surface area contributed by atoms with Crippen molar-refractivity contribution in [2.45, 2.75) is 32.0 Å². The van der Waals surface area contributed by atoms with Crippen LogP contribution in [0, 0.1) is 6.92 Å². The van der Waals surface area contributed by atoms with Crippen molar-refractivity contribution in [2.75, 3.05) is 32.0 Å². The van der Waals surface area contributed by atoms with E-state index in [0.29, 0.717) is 0 Å². The largest absolute Gasteiger partial charge is 0.416 e. The molecule has 178 valence electrons. The van der Waals surface area contributed by atoms with Crippen molar-refractivity contribution in [3.63, 3.8) is 0 Å². The summed E-state index contributed by atoms with van der Waals surface area (Å²) in [5, 5.41) is 4.67. The van der Waals surface area contributed by atoms with Crippen LogP contribution < -0.4 is 5.32 Å². The number of thiophene rings is 1. The molecule has 1 saturated heterocycles. The molecule has 1 aromatic heterocycles. The van der Waals surface area contributed by atoms with Crippen LogP contribution in [0.15, 0.2) is 59.6 Å². The number of aliphatic imine (C=N–C) groups is 1. The first-order valence-corrected chi connectivity index (χ1v) is 12.3. The molecule has 2 aliphatic rings. The third-order valence-electron chi connectivity index (χ3n) is 6.60. The number of likely N-dealkylation sites (N-methyl/N-ethyl adjacent to an activating group) is 1. The third-order valence-corrected chi connectivity index (χ3v) is 7.56. The minimum atomic E-state index is -4.30. The highest BCUT2D eigenvalue weighted by atomic mass is 32.1. The fourth-order valence-corrected chi connectivity index (χ4v) is 5.55. The number of hydrogen-bond donors (Lipinski definition) is 1. The first kappa shape index (κ1) is 22.9. The second-order valence-corrected chi connectivity index (χ2v) is 10.2. The number of nitrogens with zero attached hydrogens (tertiary/aromatic N) is 3. The van der Waals surface area contributed by atoms with Gasteiger partial charge in [-0.3, -0.25) is 4.90 Å². The summed E-state index contributed by atoms with van der Waals surface area (Å²) < 4.78 is 38.6. The van der Waals surface area contributed by atoms with Crippen LogP contribution in [0.1, 0.15) is 28.0 Å². The molecule has 2 aliphatic heterocycles. The van der Waals surface area contributed by atoms with Crippen LogP contribution in [0.25, 0.3) is 0 Å². The Bertz CT molecular complexity index is 1200. The van der Waals surface area contributed by atoms with Crippen molar-refractivity contribution in [3.05, 3.63) is 76.2 Å². The SMILES string of the molecule is Cc1cc2c(s1)Nc1ccccc1N=C2N1CCN(C)[C@@H](CCc2ccc(C(F)(F)F)cc2)C1. The Balaban J connectivity index is 1.35. The summed E-state index contributed by atoms with van der Waals surface area (Å²) in [5.74, 6) is 0.990. The highest BCUT2D eigenvalue weighted by molar-refractivity contribution is 7.16. The normalized spacial score (nSPS) is 18.6. The smallest absolute Gasteiger partial charge is 0.353 e. The highest BCUT2D eigenvalue weighted by Crippen LogP contribution is 2.39. The molecule has 0 bridgehead atoms. The van der Waals surface area contributed by atoms with E-state index in [1.807, 2.05) is 18.2 Å². The van der Waals surface area contributed by atoms with E-state index in [0.717, 1.165) is 65.8 Å². The fourth-order valence-electron chi connectivity index (χ4n) is 4.63. The van der Waals surface area contributed by atoms with Gasteiger partial charge in [-0.05, 0) is 62.7 Å². The van der Waals surface area contributed by atoms with Gasteiger partial charge < -0.3 is 10.2 Å². The molecule has 4 nitrogen and oxygen atoms in total. The number of rotatable bonds is 3. The molecule has 0 saturated carbocycles. The first-order chi connectivity index (χ1) is 16.3. The number of hydrogen-bond acceptors (Lipinski definition) is 5. The zero-order valence-electron chi connectivity index (χ0n) is 19.2. The van der Waals surface area contributed by atoms with E-state index < -0.39 is 11.7 Å². The number of nitrogens with one attached hydrogen (secondary N) is 1. The maximum atomic E-state index is 12.9. The Morgan fingerprint density at radius 2 is 1.85 bits per heavy atom. The minimum absolute atomic E-state index is 0.286. The second kappa shape index (κ2) is 9.07. The van der Waals surface area contributed by atoms with Crippen molar-refractivity contribution in [2.24, 2.45) is 4.99 Å². The predicted molar refractivity (Wildman–Crippen MR) is 133 cm³/mol. The van der Waals surface area contributed by atoms with Crippen LogP contribution in [0.4, 0.5) is 29.5 Å². The number of para-hydroxylation sites is 2. The molecular weight excluding hydrogens is 457 g/mol. The van der Waals surface area contributed by atoms with Gasteiger partial charge in [0.15, 0.2) is 0 Å². The Morgan fingerprint density at radius 3 is 2.62 bits per heavy atom. The fraction of sp³-hybridized carbons (Fsp3) is 0.346. The van der Waals surface area contributed by atoms with Crippen molar-refractivity contribution < 1.29 is 13.2 Å². The van der Waals surface area contributed by atoms with Crippen molar-refractivity contribution >= 4 is 33.5 Å². The highest BCUT2D eigenvalue weighted by Gasteiger charge is 2.31. The summed E-state index contributed by atoms with van der Waals surface area (Å²) >= 11 is 1.74. The lowest BCUT2D eigenvalue weighted by Gasteiger charge is -2.41. The minimum Gasteiger partial charge on any atom is -0.353 e. The van der Waals surface area contributed by atoms with E-state index in [1.54, 1.807) is 23.5 Å². The molecule has 0 spiro atoms. The summed E-state index contributed by atoms with van der Waals surface area (Å²) in [6.45, 7) is 4.72. The molecule has 0 amide bonds. The molecular formula is C26H27F3N4S. The van der Waals surface area contributed by atoms with Crippen LogP contribution in [0.3, 0.4) is 0 Å². The Kier molecular flexibility index (Phi) is 6.12. The molecule has 1 N–H and O–H groups in total. The summed E-state index contributed by atoms with van der Waals surface area (Å²) in [6.07, 6.45) is -2.69. The van der Waals surface area contributed by atoms with Crippen LogP contribution in [0.5, 0.6) is 0 Å². The van der Waals surface area contributed by atoms with Crippen LogP contribution in [0.2, 0.25) is 0 Å². The van der Waals surface area contributed by atoms with Gasteiger partial charge in [-0.15, -0.1) is 11.3 Å². The lowest BCUT2D eigenvalue weighted by Crippen LogP contribution is -2.53. The molecule has 0 radical (unpaired) electrons. The summed E-state index contributed by atoms with van der Waals surface area (Å²) in [5.41, 5.74) is 3.40. The number of benzene rings is 2. The number of aryl methyl sites for hydroxylation is 2.